The Hall–Kier alpha value is -1.61. The molecule has 1 fully saturated rings. The number of unbranched alkanes of at least 4 members (excludes halogenated alkanes) is 1. The summed E-state index contributed by atoms with van der Waals surface area (Å²) >= 11 is 0. The van der Waals surface area contributed by atoms with Gasteiger partial charge in [-0.3, -0.25) is 0 Å². The zero-order valence-corrected chi connectivity index (χ0v) is 13.1. The van der Waals surface area contributed by atoms with Gasteiger partial charge in [-0.05, 0) is 30.7 Å². The number of nitrogens with one attached hydrogen (secondary N) is 1. The van der Waals surface area contributed by atoms with Gasteiger partial charge in [-0.2, -0.15) is 0 Å². The lowest BCUT2D eigenvalue weighted by Gasteiger charge is -2.21. The van der Waals surface area contributed by atoms with E-state index in [-0.39, 0.29) is 0 Å². The molecule has 3 nitrogen and oxygen atoms in total. The van der Waals surface area contributed by atoms with Crippen LogP contribution >= 0.6 is 0 Å². The van der Waals surface area contributed by atoms with E-state index < -0.39 is 0 Å². The summed E-state index contributed by atoms with van der Waals surface area (Å²) in [6.45, 7) is 4.17. The molecule has 0 aliphatic heterocycles. The van der Waals surface area contributed by atoms with Gasteiger partial charge >= 0.3 is 0 Å². The summed E-state index contributed by atoms with van der Waals surface area (Å²) in [7, 11) is 2.16. The van der Waals surface area contributed by atoms with Crippen LogP contribution in [0.15, 0.2) is 30.3 Å². The molecular formula is C18H25N3. The Bertz CT molecular complexity index is 604. The third-order valence-electron chi connectivity index (χ3n) is 4.13. The van der Waals surface area contributed by atoms with E-state index in [2.05, 4.69) is 54.5 Å². The van der Waals surface area contributed by atoms with Crippen molar-refractivity contribution in [2.75, 3.05) is 18.5 Å². The lowest BCUT2D eigenvalue weighted by molar-refractivity contribution is 0.673. The van der Waals surface area contributed by atoms with E-state index in [4.69, 9.17) is 4.98 Å². The number of fused-ring (bicyclic) bond motifs is 1. The van der Waals surface area contributed by atoms with Crippen LogP contribution in [-0.2, 0) is 6.54 Å². The Balaban J connectivity index is 1.89. The quantitative estimate of drug-likeness (QED) is 0.839. The van der Waals surface area contributed by atoms with Gasteiger partial charge in [-0.1, -0.05) is 37.6 Å². The van der Waals surface area contributed by atoms with Crippen LogP contribution in [0.2, 0.25) is 0 Å². The van der Waals surface area contributed by atoms with Crippen molar-refractivity contribution >= 4 is 16.6 Å². The summed E-state index contributed by atoms with van der Waals surface area (Å²) in [6.07, 6.45) is 5.05. The molecule has 3 rings (SSSR count). The summed E-state index contributed by atoms with van der Waals surface area (Å²) in [4.78, 5) is 7.21. The van der Waals surface area contributed by atoms with Crippen molar-refractivity contribution in [1.82, 2.24) is 10.3 Å². The fourth-order valence-corrected chi connectivity index (χ4v) is 2.65. The zero-order valence-electron chi connectivity index (χ0n) is 13.1. The molecule has 0 unspecified atom stereocenters. The highest BCUT2D eigenvalue weighted by atomic mass is 15.2. The van der Waals surface area contributed by atoms with Crippen molar-refractivity contribution in [3.63, 3.8) is 0 Å². The second kappa shape index (κ2) is 6.44. The Morgan fingerprint density at radius 2 is 2.10 bits per heavy atom. The fourth-order valence-electron chi connectivity index (χ4n) is 2.65. The molecule has 1 aromatic heterocycles. The molecule has 0 radical (unpaired) electrons. The standard InChI is InChI=1S/C18H25N3/c1-3-4-11-21(2)18-17-8-6-5-7-14(17)12-16(20-18)13-19-15-9-10-15/h5-8,12,15,19H,3-4,9-11,13H2,1-2H3. The second-order valence-corrected chi connectivity index (χ2v) is 6.09. The van der Waals surface area contributed by atoms with Gasteiger partial charge in [0.15, 0.2) is 0 Å². The maximum absolute atomic E-state index is 4.92. The predicted octanol–water partition coefficient (Wildman–Crippen LogP) is 3.72. The van der Waals surface area contributed by atoms with Gasteiger partial charge in [0.25, 0.3) is 0 Å². The van der Waals surface area contributed by atoms with Crippen LogP contribution in [0.4, 0.5) is 5.82 Å². The average molecular weight is 283 g/mol. The van der Waals surface area contributed by atoms with Crippen molar-refractivity contribution in [1.29, 1.82) is 0 Å². The van der Waals surface area contributed by atoms with Gasteiger partial charge in [-0.15, -0.1) is 0 Å². The summed E-state index contributed by atoms with van der Waals surface area (Å²) in [5, 5.41) is 6.11. The third-order valence-corrected chi connectivity index (χ3v) is 4.13. The van der Waals surface area contributed by atoms with Crippen molar-refractivity contribution < 1.29 is 0 Å². The van der Waals surface area contributed by atoms with Crippen LogP contribution in [0.1, 0.15) is 38.3 Å². The van der Waals surface area contributed by atoms with Crippen LogP contribution < -0.4 is 10.2 Å². The van der Waals surface area contributed by atoms with E-state index >= 15 is 0 Å². The molecule has 0 spiro atoms. The second-order valence-electron chi connectivity index (χ2n) is 6.09. The maximum atomic E-state index is 4.92. The molecule has 1 N–H and O–H groups in total. The Morgan fingerprint density at radius 1 is 1.29 bits per heavy atom. The molecule has 1 aliphatic rings. The SMILES string of the molecule is CCCCN(C)c1nc(CNC2CC2)cc2ccccc12. The van der Waals surface area contributed by atoms with Gasteiger partial charge in [0.05, 0.1) is 5.69 Å². The molecular weight excluding hydrogens is 258 g/mol. The van der Waals surface area contributed by atoms with Gasteiger partial charge in [0.1, 0.15) is 5.82 Å². The molecule has 112 valence electrons. The Labute approximate surface area is 127 Å². The summed E-state index contributed by atoms with van der Waals surface area (Å²) in [5.74, 6) is 1.12. The number of hydrogen-bond acceptors (Lipinski definition) is 3. The third kappa shape index (κ3) is 3.53. The van der Waals surface area contributed by atoms with Crippen LogP contribution in [0.3, 0.4) is 0 Å². The number of pyridine rings is 1. The van der Waals surface area contributed by atoms with E-state index in [1.807, 2.05) is 0 Å². The minimum Gasteiger partial charge on any atom is -0.359 e. The summed E-state index contributed by atoms with van der Waals surface area (Å²) in [5.41, 5.74) is 1.15. The average Bonchev–Trinajstić information content (AvgIpc) is 3.34. The molecule has 0 saturated heterocycles. The number of aromatic nitrogens is 1. The number of hydrogen-bond donors (Lipinski definition) is 1. The minimum atomic E-state index is 0.722. The Morgan fingerprint density at radius 3 is 2.86 bits per heavy atom. The molecule has 2 aromatic rings. The molecule has 0 bridgehead atoms. The zero-order chi connectivity index (χ0) is 14.7. The number of anilines is 1. The van der Waals surface area contributed by atoms with Crippen molar-refractivity contribution in [2.24, 2.45) is 0 Å². The highest BCUT2D eigenvalue weighted by molar-refractivity contribution is 5.92. The lowest BCUT2D eigenvalue weighted by Crippen LogP contribution is -2.22. The van der Waals surface area contributed by atoms with Crippen molar-refractivity contribution in [2.45, 2.75) is 45.2 Å². The lowest BCUT2D eigenvalue weighted by atomic mass is 10.1. The molecule has 3 heteroatoms. The first-order valence-electron chi connectivity index (χ1n) is 8.11. The highest BCUT2D eigenvalue weighted by Gasteiger charge is 2.20. The molecule has 1 heterocycles. The minimum absolute atomic E-state index is 0.722. The monoisotopic (exact) mass is 283 g/mol. The van der Waals surface area contributed by atoms with Crippen LogP contribution in [0.25, 0.3) is 10.8 Å². The fraction of sp³-hybridized carbons (Fsp3) is 0.500. The predicted molar refractivity (Wildman–Crippen MR) is 89.8 cm³/mol. The number of benzene rings is 1. The molecule has 0 amide bonds. The number of nitrogens with zero attached hydrogens (tertiary/aromatic N) is 2. The van der Waals surface area contributed by atoms with E-state index in [0.717, 1.165) is 30.6 Å². The normalized spacial score (nSPS) is 14.6. The largest absolute Gasteiger partial charge is 0.359 e. The highest BCUT2D eigenvalue weighted by Crippen LogP contribution is 2.26. The summed E-state index contributed by atoms with van der Waals surface area (Å²) < 4.78 is 0. The molecule has 1 aromatic carbocycles. The first-order chi connectivity index (χ1) is 10.3. The molecule has 0 atom stereocenters. The van der Waals surface area contributed by atoms with Gasteiger partial charge in [0.2, 0.25) is 0 Å². The smallest absolute Gasteiger partial charge is 0.136 e. The van der Waals surface area contributed by atoms with E-state index in [1.165, 1.54) is 36.5 Å². The van der Waals surface area contributed by atoms with Crippen molar-refractivity contribution in [3.8, 4) is 0 Å². The van der Waals surface area contributed by atoms with Crippen LogP contribution in [0, 0.1) is 0 Å². The molecule has 1 saturated carbocycles. The van der Waals surface area contributed by atoms with E-state index in [1.54, 1.807) is 0 Å². The maximum Gasteiger partial charge on any atom is 0.136 e. The van der Waals surface area contributed by atoms with Crippen LogP contribution in [0.5, 0.6) is 0 Å². The first-order valence-corrected chi connectivity index (χ1v) is 8.11. The van der Waals surface area contributed by atoms with E-state index in [9.17, 15) is 0 Å². The van der Waals surface area contributed by atoms with Gasteiger partial charge < -0.3 is 10.2 Å². The van der Waals surface area contributed by atoms with Gasteiger partial charge in [0, 0.05) is 31.6 Å². The van der Waals surface area contributed by atoms with Crippen molar-refractivity contribution in [3.05, 3.63) is 36.0 Å². The molecule has 1 aliphatic carbocycles. The van der Waals surface area contributed by atoms with Crippen LogP contribution in [-0.4, -0.2) is 24.6 Å². The first kappa shape index (κ1) is 14.3. The topological polar surface area (TPSA) is 28.2 Å². The number of rotatable bonds is 7. The summed E-state index contributed by atoms with van der Waals surface area (Å²) in [6, 6.07) is 11.5. The van der Waals surface area contributed by atoms with E-state index in [0.29, 0.717) is 0 Å². The van der Waals surface area contributed by atoms with Gasteiger partial charge in [-0.25, -0.2) is 4.98 Å². The Kier molecular flexibility index (Phi) is 4.39. The molecule has 21 heavy (non-hydrogen) atoms.